The molecule has 2 rings (SSSR count). The normalized spacial score (nSPS) is 18.5. The highest BCUT2D eigenvalue weighted by molar-refractivity contribution is 5.81. The van der Waals surface area contributed by atoms with E-state index < -0.39 is 0 Å². The molecule has 0 saturated heterocycles. The van der Waals surface area contributed by atoms with Gasteiger partial charge in [0.1, 0.15) is 5.78 Å². The lowest BCUT2D eigenvalue weighted by Gasteiger charge is -2.32. The van der Waals surface area contributed by atoms with Gasteiger partial charge in [-0.1, -0.05) is 19.3 Å². The first-order chi connectivity index (χ1) is 9.02. The second kappa shape index (κ2) is 5.87. The molecule has 1 heterocycles. The fourth-order valence-electron chi connectivity index (χ4n) is 3.11. The molecule has 0 radical (unpaired) electrons. The van der Waals surface area contributed by atoms with Crippen molar-refractivity contribution in [2.24, 2.45) is 5.73 Å². The van der Waals surface area contributed by atoms with E-state index in [-0.39, 0.29) is 11.3 Å². The van der Waals surface area contributed by atoms with Gasteiger partial charge >= 0.3 is 0 Å². The van der Waals surface area contributed by atoms with E-state index in [2.05, 4.69) is 5.10 Å². The summed E-state index contributed by atoms with van der Waals surface area (Å²) in [7, 11) is 0. The Morgan fingerprint density at radius 3 is 2.74 bits per heavy atom. The standard InChI is InChI=1S/C15H25N3O/c1-3-18-13(9-12(2)17-18)10-14(19)11-15(16)7-5-4-6-8-15/h9H,3-8,10-11,16H2,1-2H3. The van der Waals surface area contributed by atoms with E-state index in [0.717, 1.165) is 43.6 Å². The lowest BCUT2D eigenvalue weighted by atomic mass is 9.79. The molecule has 1 fully saturated rings. The lowest BCUT2D eigenvalue weighted by molar-refractivity contribution is -0.120. The number of ketones is 1. The number of rotatable bonds is 5. The van der Waals surface area contributed by atoms with Crippen LogP contribution >= 0.6 is 0 Å². The Balaban J connectivity index is 1.97. The molecule has 0 bridgehead atoms. The van der Waals surface area contributed by atoms with Crippen LogP contribution in [0.3, 0.4) is 0 Å². The number of Topliss-reactive ketones (excluding diaryl/α,β-unsaturated/α-hetero) is 1. The van der Waals surface area contributed by atoms with Crippen LogP contribution in [0.15, 0.2) is 6.07 Å². The van der Waals surface area contributed by atoms with Gasteiger partial charge in [0.05, 0.1) is 5.69 Å². The Morgan fingerprint density at radius 1 is 1.42 bits per heavy atom. The Morgan fingerprint density at radius 2 is 2.11 bits per heavy atom. The molecule has 2 N–H and O–H groups in total. The second-order valence-corrected chi connectivity index (χ2v) is 5.91. The number of hydrogen-bond acceptors (Lipinski definition) is 3. The summed E-state index contributed by atoms with van der Waals surface area (Å²) in [6.07, 6.45) is 6.55. The molecule has 0 unspecified atom stereocenters. The van der Waals surface area contributed by atoms with Crippen molar-refractivity contribution < 1.29 is 4.79 Å². The van der Waals surface area contributed by atoms with Crippen LogP contribution in [0.2, 0.25) is 0 Å². The maximum absolute atomic E-state index is 12.2. The zero-order chi connectivity index (χ0) is 13.9. The molecule has 1 aliphatic carbocycles. The predicted molar refractivity (Wildman–Crippen MR) is 76.0 cm³/mol. The Bertz CT molecular complexity index is 444. The van der Waals surface area contributed by atoms with Gasteiger partial charge < -0.3 is 5.73 Å². The number of carbonyl (C=O) groups is 1. The third-order valence-corrected chi connectivity index (χ3v) is 4.06. The summed E-state index contributed by atoms with van der Waals surface area (Å²) >= 11 is 0. The fourth-order valence-corrected chi connectivity index (χ4v) is 3.11. The van der Waals surface area contributed by atoms with Gasteiger partial charge in [-0.2, -0.15) is 5.10 Å². The molecule has 0 aliphatic heterocycles. The van der Waals surface area contributed by atoms with Crippen LogP contribution in [-0.4, -0.2) is 21.1 Å². The first kappa shape index (κ1) is 14.3. The Hall–Kier alpha value is -1.16. The third-order valence-electron chi connectivity index (χ3n) is 4.06. The molecule has 1 aromatic heterocycles. The predicted octanol–water partition coefficient (Wildman–Crippen LogP) is 2.37. The van der Waals surface area contributed by atoms with Crippen molar-refractivity contribution in [3.05, 3.63) is 17.5 Å². The van der Waals surface area contributed by atoms with Crippen molar-refractivity contribution >= 4 is 5.78 Å². The van der Waals surface area contributed by atoms with Gasteiger partial charge in [-0.3, -0.25) is 9.48 Å². The molecule has 1 aliphatic rings. The maximum Gasteiger partial charge on any atom is 0.140 e. The Kier molecular flexibility index (Phi) is 4.40. The minimum Gasteiger partial charge on any atom is -0.325 e. The SMILES string of the molecule is CCn1nc(C)cc1CC(=O)CC1(N)CCCCC1. The number of hydrogen-bond donors (Lipinski definition) is 1. The van der Waals surface area contributed by atoms with E-state index in [9.17, 15) is 4.79 Å². The molecule has 106 valence electrons. The molecule has 0 aromatic carbocycles. The van der Waals surface area contributed by atoms with E-state index in [1.54, 1.807) is 0 Å². The van der Waals surface area contributed by atoms with Gasteiger partial charge in [-0.25, -0.2) is 0 Å². The highest BCUT2D eigenvalue weighted by Crippen LogP contribution is 2.29. The van der Waals surface area contributed by atoms with Crippen LogP contribution < -0.4 is 5.73 Å². The van der Waals surface area contributed by atoms with Crippen molar-refractivity contribution in [3.63, 3.8) is 0 Å². The highest BCUT2D eigenvalue weighted by Gasteiger charge is 2.30. The van der Waals surface area contributed by atoms with Crippen LogP contribution in [0.4, 0.5) is 0 Å². The molecule has 0 atom stereocenters. The average Bonchev–Trinajstić information content (AvgIpc) is 2.69. The molecular weight excluding hydrogens is 238 g/mol. The summed E-state index contributed by atoms with van der Waals surface area (Å²) < 4.78 is 1.91. The summed E-state index contributed by atoms with van der Waals surface area (Å²) in [6, 6.07) is 2.01. The molecule has 19 heavy (non-hydrogen) atoms. The smallest absolute Gasteiger partial charge is 0.140 e. The van der Waals surface area contributed by atoms with Crippen LogP contribution in [0.5, 0.6) is 0 Å². The molecule has 0 spiro atoms. The summed E-state index contributed by atoms with van der Waals surface area (Å²) in [6.45, 7) is 4.82. The van der Waals surface area contributed by atoms with Gasteiger partial charge in [-0.05, 0) is 32.8 Å². The highest BCUT2D eigenvalue weighted by atomic mass is 16.1. The van der Waals surface area contributed by atoms with Crippen molar-refractivity contribution in [1.82, 2.24) is 9.78 Å². The first-order valence-corrected chi connectivity index (χ1v) is 7.36. The van der Waals surface area contributed by atoms with E-state index in [1.807, 2.05) is 24.6 Å². The third kappa shape index (κ3) is 3.66. The minimum absolute atomic E-state index is 0.249. The summed E-state index contributed by atoms with van der Waals surface area (Å²) in [5, 5.41) is 4.38. The zero-order valence-electron chi connectivity index (χ0n) is 12.1. The number of aryl methyl sites for hydroxylation is 2. The van der Waals surface area contributed by atoms with Crippen molar-refractivity contribution in [2.45, 2.75) is 70.9 Å². The van der Waals surface area contributed by atoms with Crippen LogP contribution in [0, 0.1) is 6.92 Å². The van der Waals surface area contributed by atoms with Crippen LogP contribution in [0.25, 0.3) is 0 Å². The van der Waals surface area contributed by atoms with Crippen molar-refractivity contribution in [2.75, 3.05) is 0 Å². The van der Waals surface area contributed by atoms with Gasteiger partial charge in [0.2, 0.25) is 0 Å². The zero-order valence-corrected chi connectivity index (χ0v) is 12.1. The Labute approximate surface area is 115 Å². The quantitative estimate of drug-likeness (QED) is 0.887. The second-order valence-electron chi connectivity index (χ2n) is 5.91. The molecule has 1 saturated carbocycles. The minimum atomic E-state index is -0.249. The topological polar surface area (TPSA) is 60.9 Å². The lowest BCUT2D eigenvalue weighted by Crippen LogP contribution is -2.43. The number of aromatic nitrogens is 2. The van der Waals surface area contributed by atoms with Gasteiger partial charge in [0.15, 0.2) is 0 Å². The van der Waals surface area contributed by atoms with Gasteiger partial charge in [-0.15, -0.1) is 0 Å². The molecule has 4 heteroatoms. The van der Waals surface area contributed by atoms with Crippen LogP contribution in [-0.2, 0) is 17.8 Å². The number of nitrogens with zero attached hydrogens (tertiary/aromatic N) is 2. The van der Waals surface area contributed by atoms with E-state index in [4.69, 9.17) is 5.73 Å². The van der Waals surface area contributed by atoms with Gasteiger partial charge in [0, 0.05) is 30.6 Å². The van der Waals surface area contributed by atoms with Crippen molar-refractivity contribution in [1.29, 1.82) is 0 Å². The molecule has 4 nitrogen and oxygen atoms in total. The largest absolute Gasteiger partial charge is 0.325 e. The first-order valence-electron chi connectivity index (χ1n) is 7.36. The monoisotopic (exact) mass is 263 g/mol. The van der Waals surface area contributed by atoms with Crippen molar-refractivity contribution in [3.8, 4) is 0 Å². The van der Waals surface area contributed by atoms with Gasteiger partial charge in [0.25, 0.3) is 0 Å². The van der Waals surface area contributed by atoms with Crippen LogP contribution in [0.1, 0.15) is 56.8 Å². The fraction of sp³-hybridized carbons (Fsp3) is 0.733. The summed E-state index contributed by atoms with van der Waals surface area (Å²) in [5.41, 5.74) is 8.09. The maximum atomic E-state index is 12.2. The number of nitrogens with two attached hydrogens (primary N) is 1. The van der Waals surface area contributed by atoms with E-state index in [1.165, 1.54) is 6.42 Å². The molecule has 0 amide bonds. The number of carbonyl (C=O) groups excluding carboxylic acids is 1. The van der Waals surface area contributed by atoms with E-state index in [0.29, 0.717) is 12.8 Å². The van der Waals surface area contributed by atoms with E-state index >= 15 is 0 Å². The summed E-state index contributed by atoms with van der Waals surface area (Å²) in [5.74, 6) is 0.249. The summed E-state index contributed by atoms with van der Waals surface area (Å²) in [4.78, 5) is 12.2. The molecule has 1 aromatic rings. The average molecular weight is 263 g/mol. The molecular formula is C15H25N3O.